The van der Waals surface area contributed by atoms with Gasteiger partial charge in [-0.05, 0) is 44.0 Å². The molecule has 0 radical (unpaired) electrons. The monoisotopic (exact) mass is 490 g/mol. The van der Waals surface area contributed by atoms with Gasteiger partial charge in [0.05, 0.1) is 20.8 Å². The number of aromatic nitrogens is 1. The van der Waals surface area contributed by atoms with Crippen molar-refractivity contribution in [2.75, 3.05) is 20.8 Å². The van der Waals surface area contributed by atoms with Crippen LogP contribution >= 0.6 is 11.3 Å². The summed E-state index contributed by atoms with van der Waals surface area (Å²) >= 11 is 1.12. The Balaban J connectivity index is 1.87. The smallest absolute Gasteiger partial charge is 0.355 e. The lowest BCUT2D eigenvalue weighted by atomic mass is 10.1. The molecule has 1 heterocycles. The fourth-order valence-corrected chi connectivity index (χ4v) is 4.29. The van der Waals surface area contributed by atoms with Crippen molar-refractivity contribution in [2.24, 2.45) is 0 Å². The van der Waals surface area contributed by atoms with E-state index in [0.29, 0.717) is 22.1 Å². The van der Waals surface area contributed by atoms with Gasteiger partial charge in [0, 0.05) is 28.6 Å². The molecule has 0 aliphatic carbocycles. The van der Waals surface area contributed by atoms with E-state index in [4.69, 9.17) is 14.6 Å². The Morgan fingerprint density at radius 2 is 1.74 bits per heavy atom. The second-order valence-corrected chi connectivity index (χ2v) is 8.41. The molecule has 0 unspecified atom stereocenters. The van der Waals surface area contributed by atoms with Crippen molar-refractivity contribution in [2.45, 2.75) is 26.3 Å². The molecule has 0 bridgehead atoms. The number of ether oxygens (including phenoxy) is 2. The molecule has 0 fully saturated rings. The van der Waals surface area contributed by atoms with Gasteiger partial charge in [0.15, 0.2) is 5.69 Å². The Hall–Kier alpha value is -3.53. The molecule has 1 amide bonds. The third kappa shape index (κ3) is 5.69. The number of methoxy groups -OCH3 is 2. The van der Waals surface area contributed by atoms with Gasteiger partial charge < -0.3 is 19.5 Å². The number of carboxylic acid groups (broad SMARTS) is 1. The first-order valence-electron chi connectivity index (χ1n) is 10.4. The van der Waals surface area contributed by atoms with Crippen molar-refractivity contribution in [1.29, 1.82) is 0 Å². The van der Waals surface area contributed by atoms with E-state index in [9.17, 15) is 18.4 Å². The molecule has 3 rings (SSSR count). The molecule has 180 valence electrons. The maximum atomic E-state index is 14.0. The van der Waals surface area contributed by atoms with Crippen LogP contribution in [0.15, 0.2) is 35.7 Å². The molecule has 34 heavy (non-hydrogen) atoms. The topological polar surface area (TPSA) is 89.0 Å². The Kier molecular flexibility index (Phi) is 8.17. The van der Waals surface area contributed by atoms with Crippen LogP contribution in [0.2, 0.25) is 0 Å². The van der Waals surface area contributed by atoms with Crippen LogP contribution in [-0.4, -0.2) is 47.6 Å². The number of hydrogen-bond acceptors (Lipinski definition) is 6. The predicted octanol–water partition coefficient (Wildman–Crippen LogP) is 4.72. The number of nitrogens with zero attached hydrogens (tertiary/aromatic N) is 2. The van der Waals surface area contributed by atoms with E-state index < -0.39 is 17.6 Å². The van der Waals surface area contributed by atoms with Crippen molar-refractivity contribution < 1.29 is 33.0 Å². The predicted molar refractivity (Wildman–Crippen MR) is 123 cm³/mol. The van der Waals surface area contributed by atoms with Gasteiger partial charge in [0.2, 0.25) is 0 Å². The molecule has 0 aliphatic heterocycles. The molecule has 7 nitrogen and oxygen atoms in total. The number of carbonyl (C=O) groups is 2. The lowest BCUT2D eigenvalue weighted by molar-refractivity contribution is 0.0691. The third-order valence-corrected chi connectivity index (χ3v) is 6.13. The molecular formula is C24H24F2N2O5S. The van der Waals surface area contributed by atoms with Crippen molar-refractivity contribution in [3.63, 3.8) is 0 Å². The standard InChI is InChI=1S/C24H24F2N2O5S/c1-14-20(32-2)10-15(11-21(14)33-3)23(29)28(12-22-27-19(13-34-22)24(30)31)9-5-6-16-17(25)7-4-8-18(16)26/h4,7-8,10-11,13H,5-6,9,12H2,1-3H3,(H,30,31). The molecule has 0 saturated carbocycles. The second-order valence-electron chi connectivity index (χ2n) is 7.47. The molecular weight excluding hydrogens is 466 g/mol. The fourth-order valence-electron chi connectivity index (χ4n) is 3.51. The van der Waals surface area contributed by atoms with Gasteiger partial charge in [-0.2, -0.15) is 0 Å². The van der Waals surface area contributed by atoms with Crippen molar-refractivity contribution in [3.8, 4) is 11.5 Å². The van der Waals surface area contributed by atoms with E-state index in [1.54, 1.807) is 19.1 Å². The number of hydrogen-bond donors (Lipinski definition) is 1. The number of benzene rings is 2. The normalized spacial score (nSPS) is 10.7. The molecule has 3 aromatic rings. The van der Waals surface area contributed by atoms with Gasteiger partial charge in [-0.25, -0.2) is 18.6 Å². The first-order valence-corrected chi connectivity index (χ1v) is 11.3. The average Bonchev–Trinajstić information content (AvgIpc) is 3.29. The number of thiazole rings is 1. The highest BCUT2D eigenvalue weighted by Gasteiger charge is 2.22. The Morgan fingerprint density at radius 1 is 1.12 bits per heavy atom. The zero-order chi connectivity index (χ0) is 24.8. The van der Waals surface area contributed by atoms with Crippen molar-refractivity contribution in [1.82, 2.24) is 9.88 Å². The number of amides is 1. The van der Waals surface area contributed by atoms with Crippen LogP contribution in [0.25, 0.3) is 0 Å². The summed E-state index contributed by atoms with van der Waals surface area (Å²) in [6.45, 7) is 2.00. The minimum absolute atomic E-state index is 0.0367. The maximum Gasteiger partial charge on any atom is 0.355 e. The highest BCUT2D eigenvalue weighted by atomic mass is 32.1. The highest BCUT2D eigenvalue weighted by Crippen LogP contribution is 2.30. The zero-order valence-electron chi connectivity index (χ0n) is 18.9. The maximum absolute atomic E-state index is 14.0. The molecule has 0 atom stereocenters. The minimum atomic E-state index is -1.16. The van der Waals surface area contributed by atoms with Crippen LogP contribution < -0.4 is 9.47 Å². The van der Waals surface area contributed by atoms with Crippen molar-refractivity contribution in [3.05, 3.63) is 74.7 Å². The van der Waals surface area contributed by atoms with Gasteiger partial charge in [-0.3, -0.25) is 4.79 Å². The number of aromatic carboxylic acids is 1. The molecule has 2 aromatic carbocycles. The summed E-state index contributed by atoms with van der Waals surface area (Å²) in [4.78, 5) is 30.1. The van der Waals surface area contributed by atoms with Gasteiger partial charge in [-0.1, -0.05) is 6.07 Å². The summed E-state index contributed by atoms with van der Waals surface area (Å²) in [5, 5.41) is 11.0. The van der Waals surface area contributed by atoms with Gasteiger partial charge >= 0.3 is 5.97 Å². The van der Waals surface area contributed by atoms with E-state index in [0.717, 1.165) is 16.9 Å². The van der Waals surface area contributed by atoms with E-state index in [1.807, 2.05) is 0 Å². The van der Waals surface area contributed by atoms with E-state index >= 15 is 0 Å². The average molecular weight is 491 g/mol. The summed E-state index contributed by atoms with van der Waals surface area (Å²) in [6, 6.07) is 6.86. The first-order chi connectivity index (χ1) is 16.2. The largest absolute Gasteiger partial charge is 0.496 e. The fraction of sp³-hybridized carbons (Fsp3) is 0.292. The molecule has 1 N–H and O–H groups in total. The number of halogens is 2. The van der Waals surface area contributed by atoms with Crippen LogP contribution in [-0.2, 0) is 13.0 Å². The summed E-state index contributed by atoms with van der Waals surface area (Å²) in [5.41, 5.74) is 0.871. The van der Waals surface area contributed by atoms with Crippen LogP contribution in [0.3, 0.4) is 0 Å². The zero-order valence-corrected chi connectivity index (χ0v) is 19.7. The molecule has 0 spiro atoms. The summed E-state index contributed by atoms with van der Waals surface area (Å²) in [5.74, 6) is -1.88. The number of carboxylic acids is 1. The number of carbonyl (C=O) groups excluding carboxylic acids is 1. The minimum Gasteiger partial charge on any atom is -0.496 e. The first kappa shape index (κ1) is 25.1. The van der Waals surface area contributed by atoms with E-state index in [-0.39, 0.29) is 43.1 Å². The molecule has 10 heteroatoms. The SMILES string of the molecule is COc1cc(C(=O)N(CCCc2c(F)cccc2F)Cc2nc(C(=O)O)cs2)cc(OC)c1C. The van der Waals surface area contributed by atoms with E-state index in [2.05, 4.69) is 4.98 Å². The van der Waals surface area contributed by atoms with Crippen LogP contribution in [0.4, 0.5) is 8.78 Å². The molecule has 1 aromatic heterocycles. The Bertz CT molecular complexity index is 1150. The van der Waals surface area contributed by atoms with Gasteiger partial charge in [0.25, 0.3) is 5.91 Å². The lowest BCUT2D eigenvalue weighted by Gasteiger charge is -2.23. The summed E-state index contributed by atoms with van der Waals surface area (Å²) in [7, 11) is 2.97. The van der Waals surface area contributed by atoms with Crippen LogP contribution in [0.5, 0.6) is 11.5 Å². The quantitative estimate of drug-likeness (QED) is 0.442. The van der Waals surface area contributed by atoms with Crippen LogP contribution in [0.1, 0.15) is 43.4 Å². The van der Waals surface area contributed by atoms with Crippen LogP contribution in [0, 0.1) is 18.6 Å². The third-order valence-electron chi connectivity index (χ3n) is 5.30. The Morgan fingerprint density at radius 3 is 2.26 bits per heavy atom. The summed E-state index contributed by atoms with van der Waals surface area (Å²) in [6.07, 6.45) is 0.363. The number of rotatable bonds is 10. The highest BCUT2D eigenvalue weighted by molar-refractivity contribution is 7.09. The van der Waals surface area contributed by atoms with Gasteiger partial charge in [0.1, 0.15) is 28.1 Å². The Labute approximate surface area is 199 Å². The van der Waals surface area contributed by atoms with Crippen molar-refractivity contribution >= 4 is 23.2 Å². The lowest BCUT2D eigenvalue weighted by Crippen LogP contribution is -2.32. The molecule has 0 aliphatic rings. The summed E-state index contributed by atoms with van der Waals surface area (Å²) < 4.78 is 38.8. The second kappa shape index (κ2) is 11.1. The molecule has 0 saturated heterocycles. The van der Waals surface area contributed by atoms with Gasteiger partial charge in [-0.15, -0.1) is 11.3 Å². The van der Waals surface area contributed by atoms with E-state index in [1.165, 1.54) is 42.7 Å².